The largest absolute Gasteiger partial charge is 0.289 e. The lowest BCUT2D eigenvalue weighted by molar-refractivity contribution is 0.103. The van der Waals surface area contributed by atoms with Crippen LogP contribution in [-0.2, 0) is 15.6 Å². The molecule has 0 aromatic heterocycles. The second-order valence-corrected chi connectivity index (χ2v) is 8.92. The van der Waals surface area contributed by atoms with Crippen LogP contribution in [-0.4, -0.2) is 14.2 Å². The van der Waals surface area contributed by atoms with Crippen molar-refractivity contribution in [1.29, 1.82) is 0 Å². The lowest BCUT2D eigenvalue weighted by atomic mass is 9.97. The summed E-state index contributed by atoms with van der Waals surface area (Å²) in [5, 5.41) is 0. The van der Waals surface area contributed by atoms with E-state index in [-0.39, 0.29) is 16.4 Å². The maximum atomic E-state index is 13.0. The normalized spacial score (nSPS) is 11.4. The number of hydrogen-bond acceptors (Lipinski definition) is 3. The number of rotatable bonds is 5. The molecule has 0 aliphatic carbocycles. The second kappa shape index (κ2) is 7.49. The zero-order valence-electron chi connectivity index (χ0n) is 15.7. The van der Waals surface area contributed by atoms with Gasteiger partial charge >= 0.3 is 0 Å². The third-order valence-electron chi connectivity index (χ3n) is 4.55. The highest BCUT2D eigenvalue weighted by molar-refractivity contribution is 7.90. The SMILES string of the molecule is Cc1ccc(C(=O)c2cc(C)ccc2CS(=O)(=O)c2ccc(C)cc2)cc1. The quantitative estimate of drug-likeness (QED) is 0.598. The van der Waals surface area contributed by atoms with Crippen molar-refractivity contribution in [3.63, 3.8) is 0 Å². The Morgan fingerprint density at radius 2 is 1.26 bits per heavy atom. The molecule has 0 N–H and O–H groups in total. The number of hydrogen-bond donors (Lipinski definition) is 0. The zero-order valence-corrected chi connectivity index (χ0v) is 16.5. The minimum atomic E-state index is -3.54. The molecule has 0 saturated heterocycles. The number of sulfone groups is 1. The molecule has 0 spiro atoms. The van der Waals surface area contributed by atoms with Crippen LogP contribution < -0.4 is 0 Å². The van der Waals surface area contributed by atoms with Gasteiger partial charge in [0.05, 0.1) is 10.6 Å². The molecule has 0 bridgehead atoms. The van der Waals surface area contributed by atoms with E-state index in [1.165, 1.54) is 0 Å². The van der Waals surface area contributed by atoms with E-state index in [1.54, 1.807) is 48.5 Å². The minimum absolute atomic E-state index is 0.159. The molecule has 3 aromatic rings. The topological polar surface area (TPSA) is 51.2 Å². The number of benzene rings is 3. The molecule has 0 fully saturated rings. The Labute approximate surface area is 160 Å². The van der Waals surface area contributed by atoms with Crippen molar-refractivity contribution >= 4 is 15.6 Å². The third-order valence-corrected chi connectivity index (χ3v) is 6.23. The van der Waals surface area contributed by atoms with E-state index >= 15 is 0 Å². The first-order chi connectivity index (χ1) is 12.8. The van der Waals surface area contributed by atoms with Gasteiger partial charge in [0.25, 0.3) is 0 Å². The van der Waals surface area contributed by atoms with Gasteiger partial charge in [0.15, 0.2) is 15.6 Å². The molecule has 0 amide bonds. The first-order valence-electron chi connectivity index (χ1n) is 8.76. The van der Waals surface area contributed by atoms with Gasteiger partial charge in [0.2, 0.25) is 0 Å². The summed E-state index contributed by atoms with van der Waals surface area (Å²) in [6.45, 7) is 5.76. The lowest BCUT2D eigenvalue weighted by Gasteiger charge is -2.11. The average Bonchev–Trinajstić information content (AvgIpc) is 2.63. The van der Waals surface area contributed by atoms with E-state index in [0.717, 1.165) is 16.7 Å². The van der Waals surface area contributed by atoms with Gasteiger partial charge in [-0.05, 0) is 44.5 Å². The number of aryl methyl sites for hydroxylation is 3. The fourth-order valence-electron chi connectivity index (χ4n) is 2.92. The Kier molecular flexibility index (Phi) is 5.29. The molecule has 3 rings (SSSR count). The monoisotopic (exact) mass is 378 g/mol. The first-order valence-corrected chi connectivity index (χ1v) is 10.4. The highest BCUT2D eigenvalue weighted by Gasteiger charge is 2.21. The van der Waals surface area contributed by atoms with Gasteiger partial charge in [-0.25, -0.2) is 8.42 Å². The summed E-state index contributed by atoms with van der Waals surface area (Å²) in [4.78, 5) is 13.3. The van der Waals surface area contributed by atoms with Gasteiger partial charge in [0, 0.05) is 11.1 Å². The zero-order chi connectivity index (χ0) is 19.6. The van der Waals surface area contributed by atoms with Crippen molar-refractivity contribution in [3.8, 4) is 0 Å². The molecule has 4 heteroatoms. The predicted octanol–water partition coefficient (Wildman–Crippen LogP) is 4.82. The standard InChI is InChI=1S/C23H22O3S/c1-16-4-9-19(10-5-16)23(24)22-14-18(3)6-11-20(22)15-27(25,26)21-12-7-17(2)8-13-21/h4-14H,15H2,1-3H3. The molecule has 0 aliphatic rings. The van der Waals surface area contributed by atoms with Gasteiger partial charge in [0.1, 0.15) is 0 Å². The van der Waals surface area contributed by atoms with Gasteiger partial charge in [-0.15, -0.1) is 0 Å². The van der Waals surface area contributed by atoms with E-state index in [1.807, 2.05) is 39.0 Å². The summed E-state index contributed by atoms with van der Waals surface area (Å²) in [5.74, 6) is -0.365. The fourth-order valence-corrected chi connectivity index (χ4v) is 4.30. The van der Waals surface area contributed by atoms with Crippen LogP contribution in [0.2, 0.25) is 0 Å². The van der Waals surface area contributed by atoms with Crippen LogP contribution in [0.1, 0.15) is 38.2 Å². The third kappa shape index (κ3) is 4.34. The van der Waals surface area contributed by atoms with Crippen molar-refractivity contribution < 1.29 is 13.2 Å². The fraction of sp³-hybridized carbons (Fsp3) is 0.174. The van der Waals surface area contributed by atoms with Crippen molar-refractivity contribution in [1.82, 2.24) is 0 Å². The number of carbonyl (C=O) groups excluding carboxylic acids is 1. The Bertz CT molecular complexity index is 1080. The Morgan fingerprint density at radius 1 is 0.741 bits per heavy atom. The van der Waals surface area contributed by atoms with Crippen LogP contribution in [0.3, 0.4) is 0 Å². The lowest BCUT2D eigenvalue weighted by Crippen LogP contribution is -2.11. The van der Waals surface area contributed by atoms with Gasteiger partial charge in [-0.1, -0.05) is 65.2 Å². The second-order valence-electron chi connectivity index (χ2n) is 6.93. The first kappa shape index (κ1) is 19.1. The van der Waals surface area contributed by atoms with E-state index < -0.39 is 9.84 Å². The molecule has 0 heterocycles. The summed E-state index contributed by atoms with van der Waals surface area (Å²) < 4.78 is 25.7. The molecular weight excluding hydrogens is 356 g/mol. The van der Waals surface area contributed by atoms with Crippen LogP contribution in [0.15, 0.2) is 71.6 Å². The average molecular weight is 378 g/mol. The van der Waals surface area contributed by atoms with E-state index in [9.17, 15) is 13.2 Å². The van der Waals surface area contributed by atoms with Crippen molar-refractivity contribution in [3.05, 3.63) is 100 Å². The maximum Gasteiger partial charge on any atom is 0.193 e. The summed E-state index contributed by atoms with van der Waals surface area (Å²) in [6.07, 6.45) is 0. The molecule has 0 aliphatic heterocycles. The van der Waals surface area contributed by atoms with Gasteiger partial charge in [-0.2, -0.15) is 0 Å². The maximum absolute atomic E-state index is 13.0. The Morgan fingerprint density at radius 3 is 1.85 bits per heavy atom. The molecule has 0 radical (unpaired) electrons. The molecule has 3 aromatic carbocycles. The molecule has 138 valence electrons. The smallest absolute Gasteiger partial charge is 0.193 e. The molecular formula is C23H22O3S. The highest BCUT2D eigenvalue weighted by Crippen LogP contribution is 2.23. The predicted molar refractivity (Wildman–Crippen MR) is 108 cm³/mol. The van der Waals surface area contributed by atoms with Crippen molar-refractivity contribution in [2.24, 2.45) is 0 Å². The van der Waals surface area contributed by atoms with Crippen molar-refractivity contribution in [2.75, 3.05) is 0 Å². The molecule has 0 unspecified atom stereocenters. The van der Waals surface area contributed by atoms with E-state index in [4.69, 9.17) is 0 Å². The Balaban J connectivity index is 2.00. The molecule has 0 atom stereocenters. The van der Waals surface area contributed by atoms with Crippen LogP contribution in [0.4, 0.5) is 0 Å². The number of ketones is 1. The van der Waals surface area contributed by atoms with Crippen LogP contribution in [0.5, 0.6) is 0 Å². The van der Waals surface area contributed by atoms with Crippen LogP contribution >= 0.6 is 0 Å². The van der Waals surface area contributed by atoms with Gasteiger partial charge < -0.3 is 0 Å². The van der Waals surface area contributed by atoms with Crippen molar-refractivity contribution in [2.45, 2.75) is 31.4 Å². The highest BCUT2D eigenvalue weighted by atomic mass is 32.2. The van der Waals surface area contributed by atoms with Crippen LogP contribution in [0, 0.1) is 20.8 Å². The summed E-state index contributed by atoms with van der Waals surface area (Å²) in [7, 11) is -3.54. The Hall–Kier alpha value is -2.72. The van der Waals surface area contributed by atoms with E-state index in [2.05, 4.69) is 0 Å². The van der Waals surface area contributed by atoms with Crippen LogP contribution in [0.25, 0.3) is 0 Å². The summed E-state index contributed by atoms with van der Waals surface area (Å²) >= 11 is 0. The minimum Gasteiger partial charge on any atom is -0.289 e. The van der Waals surface area contributed by atoms with Gasteiger partial charge in [-0.3, -0.25) is 4.79 Å². The van der Waals surface area contributed by atoms with E-state index in [0.29, 0.717) is 16.7 Å². The molecule has 3 nitrogen and oxygen atoms in total. The number of carbonyl (C=O) groups is 1. The molecule has 0 saturated carbocycles. The molecule has 27 heavy (non-hydrogen) atoms. The summed E-state index contributed by atoms with van der Waals surface area (Å²) in [5.41, 5.74) is 4.50. The summed E-state index contributed by atoms with van der Waals surface area (Å²) in [6, 6.07) is 19.4.